The Kier molecular flexibility index (Phi) is 8.97. The minimum absolute atomic E-state index is 0.192. The average molecular weight is 412 g/mol. The van der Waals surface area contributed by atoms with Gasteiger partial charge in [0.25, 0.3) is 0 Å². The van der Waals surface area contributed by atoms with Crippen molar-refractivity contribution >= 4 is 11.6 Å². The molecule has 2 aromatic rings. The predicted octanol–water partition coefficient (Wildman–Crippen LogP) is 3.14. The first-order chi connectivity index (χ1) is 14.7. The number of anilines is 1. The minimum atomic E-state index is -0.192. The number of hydrogen-bond acceptors (Lipinski definition) is 3. The van der Waals surface area contributed by atoms with Crippen molar-refractivity contribution in [2.45, 2.75) is 19.3 Å². The maximum Gasteiger partial charge on any atom is 0.190 e. The summed E-state index contributed by atoms with van der Waals surface area (Å²) in [6.45, 7) is 7.32. The van der Waals surface area contributed by atoms with Crippen LogP contribution in [0.1, 0.15) is 18.4 Å². The summed E-state index contributed by atoms with van der Waals surface area (Å²) in [6.07, 6.45) is 3.15. The van der Waals surface area contributed by atoms with Crippen LogP contribution in [0.15, 0.2) is 59.6 Å². The molecule has 162 valence electrons. The molecule has 2 aromatic carbocycles. The number of rotatable bonds is 9. The molecule has 0 amide bonds. The van der Waals surface area contributed by atoms with Gasteiger partial charge in [0, 0.05) is 52.0 Å². The van der Waals surface area contributed by atoms with Crippen LogP contribution in [0.25, 0.3) is 0 Å². The lowest BCUT2D eigenvalue weighted by atomic mass is 10.1. The molecule has 1 fully saturated rings. The highest BCUT2D eigenvalue weighted by atomic mass is 19.1. The second kappa shape index (κ2) is 12.2. The van der Waals surface area contributed by atoms with Crippen molar-refractivity contribution in [2.24, 2.45) is 4.99 Å². The lowest BCUT2D eigenvalue weighted by Crippen LogP contribution is -2.46. The van der Waals surface area contributed by atoms with Crippen LogP contribution >= 0.6 is 0 Å². The van der Waals surface area contributed by atoms with Crippen molar-refractivity contribution in [2.75, 3.05) is 57.8 Å². The van der Waals surface area contributed by atoms with E-state index in [4.69, 9.17) is 0 Å². The van der Waals surface area contributed by atoms with Crippen molar-refractivity contribution < 1.29 is 4.39 Å². The molecule has 0 saturated carbocycles. The number of benzene rings is 2. The highest BCUT2D eigenvalue weighted by Gasteiger charge is 2.16. The first kappa shape index (κ1) is 22.1. The zero-order chi connectivity index (χ0) is 21.0. The molecule has 1 heterocycles. The third-order valence-electron chi connectivity index (χ3n) is 5.53. The Labute approximate surface area is 180 Å². The molecule has 1 aliphatic heterocycles. The number of guanidine groups is 1. The second-order valence-electron chi connectivity index (χ2n) is 7.67. The van der Waals surface area contributed by atoms with Gasteiger partial charge in [0.15, 0.2) is 5.96 Å². The van der Waals surface area contributed by atoms with Crippen LogP contribution in [-0.4, -0.2) is 63.7 Å². The number of hydrogen-bond donors (Lipinski definition) is 2. The summed E-state index contributed by atoms with van der Waals surface area (Å²) in [5.74, 6) is 0.635. The molecule has 0 radical (unpaired) electrons. The van der Waals surface area contributed by atoms with Gasteiger partial charge in [-0.15, -0.1) is 0 Å². The monoisotopic (exact) mass is 411 g/mol. The topological polar surface area (TPSA) is 42.9 Å². The van der Waals surface area contributed by atoms with Gasteiger partial charge in [-0.25, -0.2) is 4.39 Å². The maximum absolute atomic E-state index is 13.0. The highest BCUT2D eigenvalue weighted by molar-refractivity contribution is 5.79. The Morgan fingerprint density at radius 3 is 2.30 bits per heavy atom. The highest BCUT2D eigenvalue weighted by Crippen LogP contribution is 2.15. The number of aliphatic imine (C=N–C) groups is 1. The van der Waals surface area contributed by atoms with E-state index < -0.39 is 0 Å². The molecular formula is C24H34FN5. The number of nitrogens with zero attached hydrogens (tertiary/aromatic N) is 3. The van der Waals surface area contributed by atoms with Gasteiger partial charge >= 0.3 is 0 Å². The average Bonchev–Trinajstić information content (AvgIpc) is 2.80. The quantitative estimate of drug-likeness (QED) is 0.378. The predicted molar refractivity (Wildman–Crippen MR) is 124 cm³/mol. The first-order valence-electron chi connectivity index (χ1n) is 11.0. The Morgan fingerprint density at radius 1 is 0.900 bits per heavy atom. The third-order valence-corrected chi connectivity index (χ3v) is 5.53. The molecule has 3 rings (SSSR count). The van der Waals surface area contributed by atoms with Crippen LogP contribution in [-0.2, 0) is 6.42 Å². The molecular weight excluding hydrogens is 377 g/mol. The molecule has 1 saturated heterocycles. The summed E-state index contributed by atoms with van der Waals surface area (Å²) >= 11 is 0. The van der Waals surface area contributed by atoms with E-state index in [-0.39, 0.29) is 5.82 Å². The van der Waals surface area contributed by atoms with E-state index in [1.807, 2.05) is 12.1 Å². The summed E-state index contributed by atoms with van der Waals surface area (Å²) in [5, 5.41) is 6.71. The summed E-state index contributed by atoms with van der Waals surface area (Å²) in [5.41, 5.74) is 2.45. The molecule has 6 heteroatoms. The van der Waals surface area contributed by atoms with Crippen LogP contribution in [0.5, 0.6) is 0 Å². The van der Waals surface area contributed by atoms with Crippen molar-refractivity contribution in [3.8, 4) is 0 Å². The SMILES string of the molecule is CN=C(NCCCCN1CCN(c2ccccc2)CC1)NCCc1ccc(F)cc1. The second-order valence-corrected chi connectivity index (χ2v) is 7.67. The molecule has 1 aliphatic rings. The Bertz CT molecular complexity index is 755. The van der Waals surface area contributed by atoms with E-state index in [1.165, 1.54) is 24.2 Å². The van der Waals surface area contributed by atoms with Gasteiger partial charge < -0.3 is 15.5 Å². The number of piperazine rings is 1. The molecule has 0 atom stereocenters. The molecule has 0 bridgehead atoms. The summed E-state index contributed by atoms with van der Waals surface area (Å²) in [7, 11) is 1.79. The van der Waals surface area contributed by atoms with Crippen LogP contribution in [0, 0.1) is 5.82 Å². The lowest BCUT2D eigenvalue weighted by Gasteiger charge is -2.36. The van der Waals surface area contributed by atoms with Gasteiger partial charge in [-0.05, 0) is 55.6 Å². The standard InChI is InChI=1S/C24H34FN5/c1-26-24(28-15-13-21-9-11-22(25)12-10-21)27-14-5-6-16-29-17-19-30(20-18-29)23-7-3-2-4-8-23/h2-4,7-12H,5-6,13-20H2,1H3,(H2,26,27,28). The fourth-order valence-electron chi connectivity index (χ4n) is 3.73. The number of para-hydroxylation sites is 1. The van der Waals surface area contributed by atoms with Crippen molar-refractivity contribution in [3.63, 3.8) is 0 Å². The molecule has 30 heavy (non-hydrogen) atoms. The third kappa shape index (κ3) is 7.34. The summed E-state index contributed by atoms with van der Waals surface area (Å²) in [6, 6.07) is 17.3. The lowest BCUT2D eigenvalue weighted by molar-refractivity contribution is 0.253. The van der Waals surface area contributed by atoms with Gasteiger partial charge in [0.2, 0.25) is 0 Å². The van der Waals surface area contributed by atoms with Crippen molar-refractivity contribution in [3.05, 3.63) is 66.0 Å². The molecule has 0 aliphatic carbocycles. The van der Waals surface area contributed by atoms with E-state index in [9.17, 15) is 4.39 Å². The van der Waals surface area contributed by atoms with Crippen LogP contribution in [0.2, 0.25) is 0 Å². The first-order valence-corrected chi connectivity index (χ1v) is 11.0. The fourth-order valence-corrected chi connectivity index (χ4v) is 3.73. The zero-order valence-corrected chi connectivity index (χ0v) is 18.0. The number of halogens is 1. The Hall–Kier alpha value is -2.60. The van der Waals surface area contributed by atoms with Gasteiger partial charge in [0.05, 0.1) is 0 Å². The van der Waals surface area contributed by atoms with Gasteiger partial charge in [-0.2, -0.15) is 0 Å². The van der Waals surface area contributed by atoms with E-state index in [2.05, 4.69) is 55.8 Å². The largest absolute Gasteiger partial charge is 0.369 e. The van der Waals surface area contributed by atoms with Gasteiger partial charge in [-0.1, -0.05) is 30.3 Å². The molecule has 2 N–H and O–H groups in total. The van der Waals surface area contributed by atoms with E-state index in [0.29, 0.717) is 0 Å². The van der Waals surface area contributed by atoms with Crippen LogP contribution in [0.3, 0.4) is 0 Å². The Balaban J connectivity index is 1.23. The Morgan fingerprint density at radius 2 is 1.60 bits per heavy atom. The molecule has 0 spiro atoms. The molecule has 0 aromatic heterocycles. The number of unbranched alkanes of at least 4 members (excludes halogenated alkanes) is 1. The van der Waals surface area contributed by atoms with E-state index in [0.717, 1.165) is 70.2 Å². The maximum atomic E-state index is 13.0. The minimum Gasteiger partial charge on any atom is -0.369 e. The van der Waals surface area contributed by atoms with Gasteiger partial charge in [0.1, 0.15) is 5.82 Å². The van der Waals surface area contributed by atoms with Crippen LogP contribution in [0.4, 0.5) is 10.1 Å². The van der Waals surface area contributed by atoms with E-state index in [1.54, 1.807) is 7.05 Å². The normalized spacial score (nSPS) is 15.3. The van der Waals surface area contributed by atoms with Gasteiger partial charge in [-0.3, -0.25) is 9.89 Å². The zero-order valence-electron chi connectivity index (χ0n) is 18.0. The summed E-state index contributed by atoms with van der Waals surface area (Å²) < 4.78 is 13.0. The van der Waals surface area contributed by atoms with E-state index >= 15 is 0 Å². The molecule has 0 unspecified atom stereocenters. The van der Waals surface area contributed by atoms with Crippen molar-refractivity contribution in [1.82, 2.24) is 15.5 Å². The molecule has 5 nitrogen and oxygen atoms in total. The summed E-state index contributed by atoms with van der Waals surface area (Å²) in [4.78, 5) is 9.31. The number of nitrogens with one attached hydrogen (secondary N) is 2. The van der Waals surface area contributed by atoms with Crippen molar-refractivity contribution in [1.29, 1.82) is 0 Å². The fraction of sp³-hybridized carbons (Fsp3) is 0.458. The van der Waals surface area contributed by atoms with Crippen LogP contribution < -0.4 is 15.5 Å². The smallest absolute Gasteiger partial charge is 0.190 e.